The van der Waals surface area contributed by atoms with Crippen molar-refractivity contribution in [3.8, 4) is 0 Å². The van der Waals surface area contributed by atoms with E-state index < -0.39 is 30.0 Å². The normalized spacial score (nSPS) is 17.3. The van der Waals surface area contributed by atoms with Crippen LogP contribution >= 0.6 is 0 Å². The van der Waals surface area contributed by atoms with Crippen molar-refractivity contribution in [3.63, 3.8) is 0 Å². The van der Waals surface area contributed by atoms with Crippen LogP contribution in [-0.4, -0.2) is 28.8 Å². The van der Waals surface area contributed by atoms with Gasteiger partial charge in [0.1, 0.15) is 5.82 Å². The van der Waals surface area contributed by atoms with E-state index in [2.05, 4.69) is 10.6 Å². The minimum Gasteiger partial charge on any atom is -0.438 e. The van der Waals surface area contributed by atoms with Crippen molar-refractivity contribution < 1.29 is 23.5 Å². The van der Waals surface area contributed by atoms with Crippen molar-refractivity contribution in [2.45, 2.75) is 32.5 Å². The van der Waals surface area contributed by atoms with Crippen molar-refractivity contribution in [2.75, 3.05) is 10.6 Å². The average molecular weight is 476 g/mol. The van der Waals surface area contributed by atoms with Crippen LogP contribution in [0.2, 0.25) is 0 Å². The summed E-state index contributed by atoms with van der Waals surface area (Å²) in [6.07, 6.45) is -1.49. The van der Waals surface area contributed by atoms with Crippen molar-refractivity contribution in [1.29, 1.82) is 0 Å². The zero-order valence-corrected chi connectivity index (χ0v) is 19.4. The second kappa shape index (κ2) is 10.4. The number of halogens is 1. The second-order valence-corrected chi connectivity index (χ2v) is 8.62. The molecule has 4 rings (SSSR count). The molecule has 180 valence electrons. The fourth-order valence-corrected chi connectivity index (χ4v) is 3.78. The Hall–Kier alpha value is -4.20. The molecule has 0 aromatic heterocycles. The van der Waals surface area contributed by atoms with E-state index in [0.717, 1.165) is 5.56 Å². The Bertz CT molecular complexity index is 1200. The number of carbonyl (C=O) groups is 3. The number of hydrogen-bond acceptors (Lipinski definition) is 4. The Morgan fingerprint density at radius 2 is 1.51 bits per heavy atom. The quantitative estimate of drug-likeness (QED) is 0.497. The summed E-state index contributed by atoms with van der Waals surface area (Å²) in [5.41, 5.74) is 2.46. The Labute approximate surface area is 202 Å². The smallest absolute Gasteiger partial charge is 0.411 e. The number of ether oxygens (including phenoxy) is 1. The van der Waals surface area contributed by atoms with Crippen LogP contribution in [0.3, 0.4) is 0 Å². The van der Waals surface area contributed by atoms with Crippen LogP contribution in [-0.2, 0) is 20.9 Å². The van der Waals surface area contributed by atoms with Gasteiger partial charge in [0.2, 0.25) is 5.91 Å². The van der Waals surface area contributed by atoms with Gasteiger partial charge in [-0.2, -0.15) is 0 Å². The van der Waals surface area contributed by atoms with Crippen molar-refractivity contribution in [3.05, 3.63) is 95.8 Å². The van der Waals surface area contributed by atoms with Gasteiger partial charge < -0.3 is 15.4 Å². The van der Waals surface area contributed by atoms with Crippen LogP contribution in [0.5, 0.6) is 0 Å². The van der Waals surface area contributed by atoms with E-state index in [4.69, 9.17) is 4.74 Å². The highest BCUT2D eigenvalue weighted by Crippen LogP contribution is 2.35. The number of nitrogens with one attached hydrogen (secondary N) is 2. The topological polar surface area (TPSA) is 87.7 Å². The van der Waals surface area contributed by atoms with Gasteiger partial charge in [-0.25, -0.2) is 9.18 Å². The maximum Gasteiger partial charge on any atom is 0.411 e. The van der Waals surface area contributed by atoms with Crippen LogP contribution in [0.1, 0.15) is 31.1 Å². The third-order valence-electron chi connectivity index (χ3n) is 5.69. The van der Waals surface area contributed by atoms with E-state index in [9.17, 15) is 18.8 Å². The Morgan fingerprint density at radius 1 is 0.914 bits per heavy atom. The van der Waals surface area contributed by atoms with Crippen LogP contribution in [0.4, 0.5) is 20.6 Å². The van der Waals surface area contributed by atoms with Gasteiger partial charge in [0, 0.05) is 17.3 Å². The minimum absolute atomic E-state index is 0.115. The third-order valence-corrected chi connectivity index (χ3v) is 5.69. The average Bonchev–Trinajstić information content (AvgIpc) is 3.17. The van der Waals surface area contributed by atoms with Crippen LogP contribution in [0.15, 0.2) is 78.9 Å². The first-order chi connectivity index (χ1) is 16.8. The molecule has 3 aromatic rings. The number of hydrogen-bond donors (Lipinski definition) is 2. The predicted molar refractivity (Wildman–Crippen MR) is 130 cm³/mol. The summed E-state index contributed by atoms with van der Waals surface area (Å²) in [6.45, 7) is 3.78. The fourth-order valence-electron chi connectivity index (χ4n) is 3.78. The van der Waals surface area contributed by atoms with Gasteiger partial charge in [0.05, 0.1) is 6.54 Å². The van der Waals surface area contributed by atoms with Crippen LogP contribution < -0.4 is 10.6 Å². The molecule has 35 heavy (non-hydrogen) atoms. The van der Waals surface area contributed by atoms with Gasteiger partial charge >= 0.3 is 6.09 Å². The highest BCUT2D eigenvalue weighted by Gasteiger charge is 2.47. The largest absolute Gasteiger partial charge is 0.438 e. The molecule has 0 spiro atoms. The van der Waals surface area contributed by atoms with Gasteiger partial charge in [-0.3, -0.25) is 14.5 Å². The summed E-state index contributed by atoms with van der Waals surface area (Å²) in [4.78, 5) is 39.6. The molecule has 8 heteroatoms. The number of amides is 3. The molecular formula is C27H26FN3O4. The molecule has 1 fully saturated rings. The Kier molecular flexibility index (Phi) is 7.10. The molecule has 2 N–H and O–H groups in total. The third kappa shape index (κ3) is 5.66. The monoisotopic (exact) mass is 475 g/mol. The first kappa shape index (κ1) is 23.9. The number of nitrogens with zero attached hydrogens (tertiary/aromatic N) is 1. The van der Waals surface area contributed by atoms with Crippen molar-refractivity contribution >= 4 is 29.3 Å². The summed E-state index contributed by atoms with van der Waals surface area (Å²) in [5, 5.41) is 5.57. The zero-order chi connectivity index (χ0) is 24.9. The lowest BCUT2D eigenvalue weighted by atomic mass is 10.00. The van der Waals surface area contributed by atoms with Crippen molar-refractivity contribution in [1.82, 2.24) is 4.90 Å². The van der Waals surface area contributed by atoms with Crippen LogP contribution in [0, 0.1) is 11.7 Å². The van der Waals surface area contributed by atoms with E-state index in [0.29, 0.717) is 16.9 Å². The molecule has 2 unspecified atom stereocenters. The van der Waals surface area contributed by atoms with Gasteiger partial charge in [-0.05, 0) is 47.5 Å². The van der Waals surface area contributed by atoms with Gasteiger partial charge in [-0.15, -0.1) is 0 Å². The highest BCUT2D eigenvalue weighted by atomic mass is 19.1. The lowest BCUT2D eigenvalue weighted by Crippen LogP contribution is -2.43. The lowest BCUT2D eigenvalue weighted by molar-refractivity contribution is -0.121. The maximum atomic E-state index is 13.4. The molecule has 7 nitrogen and oxygen atoms in total. The van der Waals surface area contributed by atoms with Crippen LogP contribution in [0.25, 0.3) is 0 Å². The molecule has 1 aliphatic heterocycles. The second-order valence-electron chi connectivity index (χ2n) is 8.62. The maximum absolute atomic E-state index is 13.4. The van der Waals surface area contributed by atoms with Gasteiger partial charge in [0.15, 0.2) is 12.1 Å². The molecule has 0 bridgehead atoms. The van der Waals surface area contributed by atoms with E-state index in [1.165, 1.54) is 29.2 Å². The summed E-state index contributed by atoms with van der Waals surface area (Å²) < 4.78 is 19.0. The number of cyclic esters (lactones) is 1. The number of rotatable bonds is 7. The summed E-state index contributed by atoms with van der Waals surface area (Å²) >= 11 is 0. The van der Waals surface area contributed by atoms with Gasteiger partial charge in [0.25, 0.3) is 5.91 Å². The van der Waals surface area contributed by atoms with E-state index in [-0.39, 0.29) is 18.4 Å². The molecule has 0 saturated carbocycles. The molecule has 3 aromatic carbocycles. The van der Waals surface area contributed by atoms with Gasteiger partial charge in [-0.1, -0.05) is 56.3 Å². The first-order valence-corrected chi connectivity index (χ1v) is 11.3. The Balaban J connectivity index is 1.61. The van der Waals surface area contributed by atoms with E-state index in [1.54, 1.807) is 38.1 Å². The van der Waals surface area contributed by atoms with E-state index in [1.807, 2.05) is 30.3 Å². The summed E-state index contributed by atoms with van der Waals surface area (Å²) in [6, 6.07) is 20.6. The lowest BCUT2D eigenvalue weighted by Gasteiger charge is -2.24. The predicted octanol–water partition coefficient (Wildman–Crippen LogP) is 5.12. The fraction of sp³-hybridized carbons (Fsp3) is 0.222. The number of anilines is 2. The minimum atomic E-state index is -0.969. The molecule has 0 aliphatic carbocycles. The summed E-state index contributed by atoms with van der Waals surface area (Å²) in [5.74, 6) is -1.16. The SMILES string of the molecule is CC(C)C(=O)Nc1ccc(C2OC(=O)N(Cc3ccccc3)C2C(=O)Nc2ccc(F)cc2)cc1. The van der Waals surface area contributed by atoms with E-state index >= 15 is 0 Å². The standard InChI is InChI=1S/C27H26FN3O4/c1-17(2)25(32)29-21-12-8-19(9-13-21)24-23(26(33)30-22-14-10-20(28)11-15-22)31(27(34)35-24)16-18-6-4-3-5-7-18/h3-15,17,23-24H,16H2,1-2H3,(H,29,32)(H,30,33). The van der Waals surface area contributed by atoms with Crippen molar-refractivity contribution in [2.24, 2.45) is 5.92 Å². The number of carbonyl (C=O) groups excluding carboxylic acids is 3. The molecule has 0 radical (unpaired) electrons. The Morgan fingerprint density at radius 3 is 2.14 bits per heavy atom. The summed E-state index contributed by atoms with van der Waals surface area (Å²) in [7, 11) is 0. The highest BCUT2D eigenvalue weighted by molar-refractivity contribution is 5.98. The molecule has 2 atom stereocenters. The molecule has 3 amide bonds. The molecule has 1 aliphatic rings. The molecule has 1 heterocycles. The molecular weight excluding hydrogens is 449 g/mol. The molecule has 1 saturated heterocycles. The first-order valence-electron chi connectivity index (χ1n) is 11.3. The number of benzene rings is 3. The zero-order valence-electron chi connectivity index (χ0n) is 19.4.